The van der Waals surface area contributed by atoms with Gasteiger partial charge in [-0.3, -0.25) is 4.90 Å². The highest BCUT2D eigenvalue weighted by Crippen LogP contribution is 2.14. The first-order valence-corrected chi connectivity index (χ1v) is 6.42. The van der Waals surface area contributed by atoms with Crippen LogP contribution in [0.5, 0.6) is 0 Å². The Morgan fingerprint density at radius 1 is 1.32 bits per heavy atom. The number of carbonyl (C=O) groups excluding carboxylic acids is 1. The van der Waals surface area contributed by atoms with E-state index < -0.39 is 0 Å². The van der Waals surface area contributed by atoms with Gasteiger partial charge in [-0.1, -0.05) is 36.4 Å². The topological polar surface area (TPSA) is 29.5 Å². The Hall–Kier alpha value is -1.32. The van der Waals surface area contributed by atoms with Crippen LogP contribution in [0.25, 0.3) is 0 Å². The molecule has 0 saturated carbocycles. The fourth-order valence-electron chi connectivity index (χ4n) is 2.11. The van der Waals surface area contributed by atoms with Gasteiger partial charge in [0, 0.05) is 25.2 Å². The number of benzene rings is 1. The van der Waals surface area contributed by atoms with E-state index in [-0.39, 0.29) is 18.4 Å². The van der Waals surface area contributed by atoms with E-state index in [9.17, 15) is 4.79 Å². The summed E-state index contributed by atoms with van der Waals surface area (Å²) in [4.78, 5) is 13.9. The molecule has 2 rings (SSSR count). The zero-order valence-corrected chi connectivity index (χ0v) is 11.9. The number of hydrogen-bond acceptors (Lipinski definition) is 3. The Balaban J connectivity index is 0.00000180. The molecule has 1 aromatic carbocycles. The van der Waals surface area contributed by atoms with Gasteiger partial charge in [0.2, 0.25) is 0 Å². The van der Waals surface area contributed by atoms with Crippen molar-refractivity contribution in [1.29, 1.82) is 0 Å². The lowest BCUT2D eigenvalue weighted by Gasteiger charge is -2.25. The van der Waals surface area contributed by atoms with Crippen molar-refractivity contribution < 1.29 is 21.9 Å². The SMILES string of the molecule is CCOC(=O)C1=CCN(Cc2ccccc2)CC1.[Cl-]. The molecule has 0 aromatic heterocycles. The standard InChI is InChI=1S/C15H19NO2.ClH/c1-2-18-15(17)14-8-10-16(11-9-14)12-13-6-4-3-5-7-13;/h3-8H,2,9-12H2,1H3;1H/p-1. The maximum atomic E-state index is 11.6. The molecule has 0 atom stereocenters. The minimum atomic E-state index is -0.156. The van der Waals surface area contributed by atoms with Crippen LogP contribution in [0.15, 0.2) is 42.0 Å². The van der Waals surface area contributed by atoms with Crippen LogP contribution in [0.3, 0.4) is 0 Å². The second kappa shape index (κ2) is 7.97. The predicted molar refractivity (Wildman–Crippen MR) is 71.1 cm³/mol. The molecule has 0 spiro atoms. The number of ether oxygens (including phenoxy) is 1. The summed E-state index contributed by atoms with van der Waals surface area (Å²) in [5, 5.41) is 0. The lowest BCUT2D eigenvalue weighted by molar-refractivity contribution is -0.138. The van der Waals surface area contributed by atoms with Gasteiger partial charge in [0.05, 0.1) is 6.61 Å². The minimum absolute atomic E-state index is 0. The maximum Gasteiger partial charge on any atom is 0.333 e. The number of nitrogens with zero attached hydrogens (tertiary/aromatic N) is 1. The van der Waals surface area contributed by atoms with Gasteiger partial charge < -0.3 is 17.1 Å². The van der Waals surface area contributed by atoms with Crippen LogP contribution in [0.2, 0.25) is 0 Å². The van der Waals surface area contributed by atoms with Gasteiger partial charge in [0.15, 0.2) is 0 Å². The zero-order chi connectivity index (χ0) is 12.8. The summed E-state index contributed by atoms with van der Waals surface area (Å²) in [6.07, 6.45) is 2.77. The second-order valence-electron chi connectivity index (χ2n) is 4.42. The number of carbonyl (C=O) groups is 1. The first-order valence-electron chi connectivity index (χ1n) is 6.42. The molecular formula is C15H19ClNO2-. The molecule has 0 saturated heterocycles. The van der Waals surface area contributed by atoms with Gasteiger partial charge in [-0.2, -0.15) is 0 Å². The van der Waals surface area contributed by atoms with Crippen LogP contribution in [0.4, 0.5) is 0 Å². The summed E-state index contributed by atoms with van der Waals surface area (Å²) >= 11 is 0. The molecule has 0 N–H and O–H groups in total. The molecule has 19 heavy (non-hydrogen) atoms. The third-order valence-corrected chi connectivity index (χ3v) is 3.08. The fourth-order valence-corrected chi connectivity index (χ4v) is 2.11. The van der Waals surface area contributed by atoms with Crippen molar-refractivity contribution in [3.05, 3.63) is 47.5 Å². The lowest BCUT2D eigenvalue weighted by Crippen LogP contribution is -3.00. The summed E-state index contributed by atoms with van der Waals surface area (Å²) in [5.74, 6) is -0.156. The summed E-state index contributed by atoms with van der Waals surface area (Å²) in [5.41, 5.74) is 2.13. The number of esters is 1. The largest absolute Gasteiger partial charge is 1.00 e. The highest BCUT2D eigenvalue weighted by Gasteiger charge is 2.17. The van der Waals surface area contributed by atoms with E-state index in [2.05, 4.69) is 29.2 Å². The van der Waals surface area contributed by atoms with Gasteiger partial charge in [-0.15, -0.1) is 0 Å². The van der Waals surface area contributed by atoms with Gasteiger partial charge in [0.1, 0.15) is 0 Å². The van der Waals surface area contributed by atoms with E-state index in [0.29, 0.717) is 6.61 Å². The van der Waals surface area contributed by atoms with Crippen LogP contribution < -0.4 is 12.4 Å². The molecule has 0 aliphatic carbocycles. The quantitative estimate of drug-likeness (QED) is 0.689. The van der Waals surface area contributed by atoms with Gasteiger partial charge in [0.25, 0.3) is 0 Å². The molecule has 1 heterocycles. The summed E-state index contributed by atoms with van der Waals surface area (Å²) < 4.78 is 5.01. The number of halogens is 1. The maximum absolute atomic E-state index is 11.6. The molecule has 0 amide bonds. The Kier molecular flexibility index (Phi) is 6.60. The molecule has 4 heteroatoms. The highest BCUT2D eigenvalue weighted by atomic mass is 35.5. The second-order valence-corrected chi connectivity index (χ2v) is 4.42. The van der Waals surface area contributed by atoms with Crippen molar-refractivity contribution >= 4 is 5.97 Å². The third kappa shape index (κ3) is 4.69. The normalized spacial score (nSPS) is 15.3. The lowest BCUT2D eigenvalue weighted by atomic mass is 10.1. The molecule has 1 aliphatic rings. The van der Waals surface area contributed by atoms with E-state index >= 15 is 0 Å². The summed E-state index contributed by atoms with van der Waals surface area (Å²) in [6.45, 7) is 4.96. The van der Waals surface area contributed by atoms with Crippen molar-refractivity contribution in [2.75, 3.05) is 19.7 Å². The smallest absolute Gasteiger partial charge is 0.333 e. The van der Waals surface area contributed by atoms with E-state index in [1.807, 2.05) is 19.1 Å². The third-order valence-electron chi connectivity index (χ3n) is 3.08. The number of rotatable bonds is 4. The minimum Gasteiger partial charge on any atom is -1.00 e. The zero-order valence-electron chi connectivity index (χ0n) is 11.1. The average molecular weight is 281 g/mol. The Bertz CT molecular complexity index is 431. The molecular weight excluding hydrogens is 262 g/mol. The van der Waals surface area contributed by atoms with Gasteiger partial charge >= 0.3 is 5.97 Å². The first-order chi connectivity index (χ1) is 8.79. The van der Waals surface area contributed by atoms with Crippen LogP contribution in [-0.2, 0) is 16.1 Å². The molecule has 0 unspecified atom stereocenters. The molecule has 0 bridgehead atoms. The first kappa shape index (κ1) is 15.7. The van der Waals surface area contributed by atoms with Gasteiger partial charge in [-0.05, 0) is 18.9 Å². The van der Waals surface area contributed by atoms with Crippen LogP contribution >= 0.6 is 0 Å². The average Bonchev–Trinajstić information content (AvgIpc) is 2.41. The predicted octanol–water partition coefficient (Wildman–Crippen LogP) is -0.614. The fraction of sp³-hybridized carbons (Fsp3) is 0.400. The van der Waals surface area contributed by atoms with Crippen LogP contribution in [-0.4, -0.2) is 30.6 Å². The number of hydrogen-bond donors (Lipinski definition) is 0. The Morgan fingerprint density at radius 2 is 2.05 bits per heavy atom. The Labute approximate surface area is 120 Å². The van der Waals surface area contributed by atoms with E-state index in [0.717, 1.165) is 31.6 Å². The van der Waals surface area contributed by atoms with Gasteiger partial charge in [-0.25, -0.2) is 4.79 Å². The van der Waals surface area contributed by atoms with E-state index in [1.54, 1.807) is 0 Å². The van der Waals surface area contributed by atoms with Crippen molar-refractivity contribution in [3.8, 4) is 0 Å². The summed E-state index contributed by atoms with van der Waals surface area (Å²) in [7, 11) is 0. The van der Waals surface area contributed by atoms with E-state index in [4.69, 9.17) is 4.74 Å². The highest BCUT2D eigenvalue weighted by molar-refractivity contribution is 5.88. The van der Waals surface area contributed by atoms with Crippen LogP contribution in [0.1, 0.15) is 18.9 Å². The van der Waals surface area contributed by atoms with Crippen molar-refractivity contribution in [1.82, 2.24) is 4.90 Å². The van der Waals surface area contributed by atoms with Crippen molar-refractivity contribution in [2.45, 2.75) is 19.9 Å². The molecule has 1 aromatic rings. The molecule has 0 fully saturated rings. The molecule has 0 radical (unpaired) electrons. The van der Waals surface area contributed by atoms with Crippen molar-refractivity contribution in [2.24, 2.45) is 0 Å². The molecule has 1 aliphatic heterocycles. The van der Waals surface area contributed by atoms with E-state index in [1.165, 1.54) is 5.56 Å². The summed E-state index contributed by atoms with van der Waals surface area (Å²) in [6, 6.07) is 10.4. The van der Waals surface area contributed by atoms with Crippen molar-refractivity contribution in [3.63, 3.8) is 0 Å². The monoisotopic (exact) mass is 280 g/mol. The molecule has 104 valence electrons. The Morgan fingerprint density at radius 3 is 2.63 bits per heavy atom. The molecule has 3 nitrogen and oxygen atoms in total. The van der Waals surface area contributed by atoms with Crippen LogP contribution in [0, 0.1) is 0 Å².